The number of piperazine rings is 1. The monoisotopic (exact) mass is 326 g/mol. The van der Waals surface area contributed by atoms with Crippen molar-refractivity contribution in [3.05, 3.63) is 23.3 Å². The molecular formula is C15H22N2O4S. The summed E-state index contributed by atoms with van der Waals surface area (Å²) in [6.07, 6.45) is 0. The van der Waals surface area contributed by atoms with Crippen LogP contribution in [0.3, 0.4) is 0 Å². The number of rotatable bonds is 3. The van der Waals surface area contributed by atoms with Crippen molar-refractivity contribution in [2.24, 2.45) is 0 Å². The van der Waals surface area contributed by atoms with Crippen molar-refractivity contribution >= 4 is 15.9 Å². The number of carbonyl (C=O) groups is 1. The van der Waals surface area contributed by atoms with Gasteiger partial charge < -0.3 is 9.64 Å². The summed E-state index contributed by atoms with van der Waals surface area (Å²) in [6.45, 7) is 6.03. The summed E-state index contributed by atoms with van der Waals surface area (Å²) in [5.41, 5.74) is 1.82. The molecule has 1 fully saturated rings. The van der Waals surface area contributed by atoms with Gasteiger partial charge >= 0.3 is 0 Å². The molecule has 1 amide bonds. The second kappa shape index (κ2) is 5.89. The average Bonchev–Trinajstić information content (AvgIpc) is 2.46. The zero-order valence-corrected chi connectivity index (χ0v) is 14.4. The number of benzene rings is 1. The molecule has 1 aromatic carbocycles. The SMILES string of the molecule is COc1cc(C)c(C)cc1S(=O)(=O)N1CCN(C)C(=O)C1C. The van der Waals surface area contributed by atoms with Gasteiger partial charge in [-0.3, -0.25) is 4.79 Å². The van der Waals surface area contributed by atoms with Crippen LogP contribution in [0.15, 0.2) is 17.0 Å². The number of hydrogen-bond acceptors (Lipinski definition) is 4. The highest BCUT2D eigenvalue weighted by molar-refractivity contribution is 7.89. The third-order valence-electron chi connectivity index (χ3n) is 4.19. The minimum Gasteiger partial charge on any atom is -0.495 e. The molecule has 1 aromatic rings. The lowest BCUT2D eigenvalue weighted by molar-refractivity contribution is -0.136. The van der Waals surface area contributed by atoms with Gasteiger partial charge in [-0.2, -0.15) is 4.31 Å². The normalized spacial score (nSPS) is 20.3. The summed E-state index contributed by atoms with van der Waals surface area (Å²) in [5, 5.41) is 0. The highest BCUT2D eigenvalue weighted by Gasteiger charge is 2.39. The van der Waals surface area contributed by atoms with Gasteiger partial charge in [0.15, 0.2) is 0 Å². The molecule has 2 rings (SSSR count). The molecule has 22 heavy (non-hydrogen) atoms. The van der Waals surface area contributed by atoms with E-state index in [1.807, 2.05) is 13.8 Å². The van der Waals surface area contributed by atoms with Crippen LogP contribution in [0.4, 0.5) is 0 Å². The summed E-state index contributed by atoms with van der Waals surface area (Å²) in [4.78, 5) is 13.7. The van der Waals surface area contributed by atoms with Gasteiger partial charge in [0.1, 0.15) is 16.7 Å². The molecule has 1 atom stereocenters. The number of carbonyl (C=O) groups excluding carboxylic acids is 1. The lowest BCUT2D eigenvalue weighted by Gasteiger charge is -2.36. The maximum Gasteiger partial charge on any atom is 0.247 e. The Balaban J connectivity index is 2.51. The molecule has 1 saturated heterocycles. The van der Waals surface area contributed by atoms with Crippen LogP contribution in [0.5, 0.6) is 5.75 Å². The van der Waals surface area contributed by atoms with E-state index in [1.54, 1.807) is 31.0 Å². The topological polar surface area (TPSA) is 66.9 Å². The molecule has 122 valence electrons. The van der Waals surface area contributed by atoms with E-state index in [2.05, 4.69) is 0 Å². The molecule has 6 nitrogen and oxygen atoms in total. The Morgan fingerprint density at radius 3 is 2.36 bits per heavy atom. The van der Waals surface area contributed by atoms with Crippen molar-refractivity contribution in [1.82, 2.24) is 9.21 Å². The van der Waals surface area contributed by atoms with Crippen LogP contribution in [0, 0.1) is 13.8 Å². The van der Waals surface area contributed by atoms with Crippen LogP contribution in [0.25, 0.3) is 0 Å². The van der Waals surface area contributed by atoms with Gasteiger partial charge in [-0.05, 0) is 44.0 Å². The lowest BCUT2D eigenvalue weighted by Crippen LogP contribution is -2.56. The van der Waals surface area contributed by atoms with E-state index < -0.39 is 16.1 Å². The van der Waals surface area contributed by atoms with Gasteiger partial charge in [0.25, 0.3) is 0 Å². The first-order valence-corrected chi connectivity index (χ1v) is 8.56. The minimum atomic E-state index is -3.79. The van der Waals surface area contributed by atoms with Crippen LogP contribution >= 0.6 is 0 Å². The first kappa shape index (κ1) is 16.8. The van der Waals surface area contributed by atoms with E-state index in [-0.39, 0.29) is 17.3 Å². The van der Waals surface area contributed by atoms with Crippen LogP contribution in [0.2, 0.25) is 0 Å². The van der Waals surface area contributed by atoms with Crippen LogP contribution in [0.1, 0.15) is 18.1 Å². The van der Waals surface area contributed by atoms with E-state index in [4.69, 9.17) is 4.74 Å². The smallest absolute Gasteiger partial charge is 0.247 e. The van der Waals surface area contributed by atoms with Gasteiger partial charge in [0, 0.05) is 20.1 Å². The van der Waals surface area contributed by atoms with Crippen molar-refractivity contribution in [2.75, 3.05) is 27.2 Å². The molecule has 0 saturated carbocycles. The maximum atomic E-state index is 13.0. The second-order valence-electron chi connectivity index (χ2n) is 5.64. The molecular weight excluding hydrogens is 304 g/mol. The molecule has 0 radical (unpaired) electrons. The van der Waals surface area contributed by atoms with Gasteiger partial charge in [-0.1, -0.05) is 0 Å². The fourth-order valence-corrected chi connectivity index (χ4v) is 4.38. The largest absolute Gasteiger partial charge is 0.495 e. The molecule has 1 unspecified atom stereocenters. The minimum absolute atomic E-state index is 0.113. The first-order chi connectivity index (χ1) is 10.2. The van der Waals surface area contributed by atoms with Crippen molar-refractivity contribution < 1.29 is 17.9 Å². The number of hydrogen-bond donors (Lipinski definition) is 0. The van der Waals surface area contributed by atoms with Crippen molar-refractivity contribution in [3.8, 4) is 5.75 Å². The molecule has 7 heteroatoms. The Morgan fingerprint density at radius 1 is 1.18 bits per heavy atom. The molecule has 0 spiro atoms. The highest BCUT2D eigenvalue weighted by atomic mass is 32.2. The Morgan fingerprint density at radius 2 is 1.77 bits per heavy atom. The standard InChI is InChI=1S/C15H22N2O4S/c1-10-8-13(21-5)14(9-11(10)2)22(19,20)17-7-6-16(4)15(18)12(17)3/h8-9,12H,6-7H2,1-5H3. The van der Waals surface area contributed by atoms with Gasteiger partial charge in [0.2, 0.25) is 15.9 Å². The lowest BCUT2D eigenvalue weighted by atomic mass is 10.1. The van der Waals surface area contributed by atoms with Gasteiger partial charge in [0.05, 0.1) is 7.11 Å². The third kappa shape index (κ3) is 2.70. The van der Waals surface area contributed by atoms with E-state index in [0.717, 1.165) is 11.1 Å². The Kier molecular flexibility index (Phi) is 4.49. The number of sulfonamides is 1. The fraction of sp³-hybridized carbons (Fsp3) is 0.533. The van der Waals surface area contributed by atoms with Crippen molar-refractivity contribution in [3.63, 3.8) is 0 Å². The molecule has 1 heterocycles. The Hall–Kier alpha value is -1.60. The van der Waals surface area contributed by atoms with Crippen LogP contribution in [-0.4, -0.2) is 56.8 Å². The average molecular weight is 326 g/mol. The number of likely N-dealkylation sites (N-methyl/N-ethyl adjacent to an activating group) is 1. The molecule has 0 aliphatic carbocycles. The number of amides is 1. The molecule has 0 aromatic heterocycles. The number of methoxy groups -OCH3 is 1. The zero-order valence-electron chi connectivity index (χ0n) is 13.6. The summed E-state index contributed by atoms with van der Waals surface area (Å²) in [6, 6.07) is 2.61. The Labute approximate surface area is 131 Å². The molecule has 1 aliphatic heterocycles. The second-order valence-corrected chi connectivity index (χ2v) is 7.50. The number of aryl methyl sites for hydroxylation is 2. The predicted molar refractivity (Wildman–Crippen MR) is 83.5 cm³/mol. The van der Waals surface area contributed by atoms with E-state index >= 15 is 0 Å². The van der Waals surface area contributed by atoms with E-state index in [9.17, 15) is 13.2 Å². The Bertz CT molecular complexity index is 700. The third-order valence-corrected chi connectivity index (χ3v) is 6.18. The molecule has 1 aliphatic rings. The van der Waals surface area contributed by atoms with E-state index in [1.165, 1.54) is 11.4 Å². The predicted octanol–water partition coefficient (Wildman–Crippen LogP) is 1.16. The molecule has 0 bridgehead atoms. The quantitative estimate of drug-likeness (QED) is 0.836. The number of ether oxygens (including phenoxy) is 1. The number of nitrogens with zero attached hydrogens (tertiary/aromatic N) is 2. The summed E-state index contributed by atoms with van der Waals surface area (Å²) in [5.74, 6) is 0.110. The van der Waals surface area contributed by atoms with Gasteiger partial charge in [-0.25, -0.2) is 8.42 Å². The fourth-order valence-electron chi connectivity index (χ4n) is 2.57. The van der Waals surface area contributed by atoms with Crippen molar-refractivity contribution in [1.29, 1.82) is 0 Å². The van der Waals surface area contributed by atoms with Gasteiger partial charge in [-0.15, -0.1) is 0 Å². The van der Waals surface area contributed by atoms with Crippen LogP contribution < -0.4 is 4.74 Å². The van der Waals surface area contributed by atoms with Crippen molar-refractivity contribution in [2.45, 2.75) is 31.7 Å². The summed E-state index contributed by atoms with van der Waals surface area (Å²) >= 11 is 0. The first-order valence-electron chi connectivity index (χ1n) is 7.12. The maximum absolute atomic E-state index is 13.0. The summed E-state index contributed by atoms with van der Waals surface area (Å²) < 4.78 is 32.4. The van der Waals surface area contributed by atoms with Crippen LogP contribution in [-0.2, 0) is 14.8 Å². The van der Waals surface area contributed by atoms with E-state index in [0.29, 0.717) is 12.3 Å². The zero-order chi connectivity index (χ0) is 16.7. The summed E-state index contributed by atoms with van der Waals surface area (Å²) in [7, 11) is -0.663. The highest BCUT2D eigenvalue weighted by Crippen LogP contribution is 2.31. The molecule has 0 N–H and O–H groups in total.